The van der Waals surface area contributed by atoms with Gasteiger partial charge >= 0.3 is 0 Å². The van der Waals surface area contributed by atoms with E-state index in [1.165, 1.54) is 12.5 Å². The van der Waals surface area contributed by atoms with Gasteiger partial charge in [-0.1, -0.05) is 30.3 Å². The molecule has 2 unspecified atom stereocenters. The maximum atomic E-state index is 11.3. The van der Waals surface area contributed by atoms with Crippen LogP contribution in [0.25, 0.3) is 0 Å². The summed E-state index contributed by atoms with van der Waals surface area (Å²) in [5.74, 6) is 0.517. The van der Waals surface area contributed by atoms with Crippen LogP contribution >= 0.6 is 0 Å². The molecule has 2 N–H and O–H groups in total. The van der Waals surface area contributed by atoms with Gasteiger partial charge in [0.15, 0.2) is 0 Å². The summed E-state index contributed by atoms with van der Waals surface area (Å²) in [6, 6.07) is 15.5. The van der Waals surface area contributed by atoms with E-state index in [2.05, 4.69) is 17.4 Å². The van der Waals surface area contributed by atoms with Gasteiger partial charge in [-0.2, -0.15) is 0 Å². The number of carbonyl (C=O) groups is 1. The topological polar surface area (TPSA) is 67.8 Å². The van der Waals surface area contributed by atoms with Crippen LogP contribution in [0.1, 0.15) is 38.0 Å². The molecule has 1 aliphatic rings. The second-order valence-corrected chi connectivity index (χ2v) is 7.11. The van der Waals surface area contributed by atoms with Crippen molar-refractivity contribution < 1.29 is 19.4 Å². The number of nitrogens with one attached hydrogen (secondary N) is 1. The first-order valence-corrected chi connectivity index (χ1v) is 8.81. The number of anilines is 1. The lowest BCUT2D eigenvalue weighted by atomic mass is 9.88. The fourth-order valence-corrected chi connectivity index (χ4v) is 3.15. The van der Waals surface area contributed by atoms with E-state index in [9.17, 15) is 9.90 Å². The van der Waals surface area contributed by atoms with E-state index in [0.717, 1.165) is 12.0 Å². The molecule has 1 heterocycles. The zero-order valence-corrected chi connectivity index (χ0v) is 15.4. The number of hydrogen-bond acceptors (Lipinski definition) is 4. The van der Waals surface area contributed by atoms with Crippen LogP contribution in [0.5, 0.6) is 5.75 Å². The van der Waals surface area contributed by atoms with Crippen LogP contribution in [-0.4, -0.2) is 29.3 Å². The minimum absolute atomic E-state index is 0.149. The predicted molar refractivity (Wildman–Crippen MR) is 100 cm³/mol. The highest BCUT2D eigenvalue weighted by atomic mass is 16.5. The normalized spacial score (nSPS) is 20.8. The summed E-state index contributed by atoms with van der Waals surface area (Å²) >= 11 is 0. The van der Waals surface area contributed by atoms with Crippen LogP contribution in [0.3, 0.4) is 0 Å². The maximum absolute atomic E-state index is 11.3. The molecule has 2 atom stereocenters. The highest BCUT2D eigenvalue weighted by Crippen LogP contribution is 2.42. The van der Waals surface area contributed by atoms with Gasteiger partial charge in [-0.3, -0.25) is 4.79 Å². The number of benzene rings is 2. The first kappa shape index (κ1) is 18.4. The van der Waals surface area contributed by atoms with Gasteiger partial charge < -0.3 is 19.9 Å². The third-order valence-corrected chi connectivity index (χ3v) is 4.54. The molecule has 0 fully saturated rings. The van der Waals surface area contributed by atoms with Crippen molar-refractivity contribution in [3.05, 3.63) is 59.7 Å². The number of carbonyl (C=O) groups excluding carboxylic acids is 1. The maximum Gasteiger partial charge on any atom is 0.221 e. The van der Waals surface area contributed by atoms with Crippen molar-refractivity contribution in [1.82, 2.24) is 0 Å². The Bertz CT molecular complexity index is 773. The molecular formula is C21H25NO4. The number of fused-ring (bicyclic) bond motifs is 1. The SMILES string of the molecule is CC(=O)Nc1ccc2c(c1)C(OCCc1ccccc1)C(O)C(C)(C)O2. The first-order chi connectivity index (χ1) is 12.4. The van der Waals surface area contributed by atoms with Crippen LogP contribution < -0.4 is 10.1 Å². The van der Waals surface area contributed by atoms with Gasteiger partial charge in [-0.25, -0.2) is 0 Å². The number of hydrogen-bond donors (Lipinski definition) is 2. The van der Waals surface area contributed by atoms with Gasteiger partial charge in [0, 0.05) is 18.2 Å². The monoisotopic (exact) mass is 355 g/mol. The van der Waals surface area contributed by atoms with E-state index < -0.39 is 17.8 Å². The molecular weight excluding hydrogens is 330 g/mol. The van der Waals surface area contributed by atoms with E-state index in [0.29, 0.717) is 18.0 Å². The zero-order chi connectivity index (χ0) is 18.7. The molecule has 138 valence electrons. The Labute approximate surface area is 153 Å². The molecule has 0 bridgehead atoms. The van der Waals surface area contributed by atoms with Gasteiger partial charge in [-0.05, 0) is 44.0 Å². The lowest BCUT2D eigenvalue weighted by Crippen LogP contribution is -2.49. The van der Waals surface area contributed by atoms with Gasteiger partial charge in [0.1, 0.15) is 23.6 Å². The Balaban J connectivity index is 1.81. The van der Waals surface area contributed by atoms with Crippen LogP contribution in [0.4, 0.5) is 5.69 Å². The zero-order valence-electron chi connectivity index (χ0n) is 15.4. The molecule has 3 rings (SSSR count). The summed E-state index contributed by atoms with van der Waals surface area (Å²) in [7, 11) is 0. The Morgan fingerprint density at radius 3 is 2.65 bits per heavy atom. The van der Waals surface area contributed by atoms with Crippen LogP contribution in [0.15, 0.2) is 48.5 Å². The number of rotatable bonds is 5. The summed E-state index contributed by atoms with van der Waals surface area (Å²) in [6.45, 7) is 5.62. The van der Waals surface area contributed by atoms with Gasteiger partial charge in [0.25, 0.3) is 0 Å². The highest BCUT2D eigenvalue weighted by molar-refractivity contribution is 5.88. The minimum atomic E-state index is -0.821. The molecule has 0 aromatic heterocycles. The smallest absolute Gasteiger partial charge is 0.221 e. The van der Waals surface area contributed by atoms with Crippen molar-refractivity contribution in [2.24, 2.45) is 0 Å². The molecule has 1 aliphatic heterocycles. The van der Waals surface area contributed by atoms with E-state index in [4.69, 9.17) is 9.47 Å². The van der Waals surface area contributed by atoms with Gasteiger partial charge in [0.2, 0.25) is 5.91 Å². The van der Waals surface area contributed by atoms with Crippen LogP contribution in [0.2, 0.25) is 0 Å². The van der Waals surface area contributed by atoms with Crippen molar-refractivity contribution >= 4 is 11.6 Å². The number of aliphatic hydroxyl groups is 1. The van der Waals surface area contributed by atoms with Crippen molar-refractivity contribution in [3.63, 3.8) is 0 Å². The van der Waals surface area contributed by atoms with Crippen LogP contribution in [-0.2, 0) is 16.0 Å². The molecule has 0 aliphatic carbocycles. The molecule has 0 saturated carbocycles. The fraction of sp³-hybridized carbons (Fsp3) is 0.381. The quantitative estimate of drug-likeness (QED) is 0.862. The van der Waals surface area contributed by atoms with Crippen molar-refractivity contribution in [1.29, 1.82) is 0 Å². The largest absolute Gasteiger partial charge is 0.485 e. The minimum Gasteiger partial charge on any atom is -0.485 e. The molecule has 2 aromatic rings. The van der Waals surface area contributed by atoms with E-state index in [-0.39, 0.29) is 5.91 Å². The number of ether oxygens (including phenoxy) is 2. The van der Waals surface area contributed by atoms with Crippen molar-refractivity contribution in [3.8, 4) is 5.75 Å². The Kier molecular flexibility index (Phi) is 5.30. The number of amides is 1. The standard InChI is InChI=1S/C21H25NO4/c1-14(23)22-16-9-10-18-17(13-16)19(20(24)21(2,3)26-18)25-12-11-15-7-5-4-6-8-15/h4-10,13,19-20,24H,11-12H2,1-3H3,(H,22,23). The Morgan fingerprint density at radius 1 is 1.23 bits per heavy atom. The molecule has 26 heavy (non-hydrogen) atoms. The lowest BCUT2D eigenvalue weighted by Gasteiger charge is -2.42. The van der Waals surface area contributed by atoms with Gasteiger partial charge in [-0.15, -0.1) is 0 Å². The summed E-state index contributed by atoms with van der Waals surface area (Å²) in [5, 5.41) is 13.5. The van der Waals surface area contributed by atoms with E-state index in [1.807, 2.05) is 44.2 Å². The average Bonchev–Trinajstić information content (AvgIpc) is 2.59. The van der Waals surface area contributed by atoms with Gasteiger partial charge in [0.05, 0.1) is 6.61 Å². The van der Waals surface area contributed by atoms with Crippen molar-refractivity contribution in [2.75, 3.05) is 11.9 Å². The Hall–Kier alpha value is -2.37. The molecule has 5 heteroatoms. The second kappa shape index (κ2) is 7.48. The van der Waals surface area contributed by atoms with Crippen LogP contribution in [0, 0.1) is 0 Å². The van der Waals surface area contributed by atoms with Crippen molar-refractivity contribution in [2.45, 2.75) is 45.0 Å². The summed E-state index contributed by atoms with van der Waals surface area (Å²) < 4.78 is 12.0. The fourth-order valence-electron chi connectivity index (χ4n) is 3.15. The predicted octanol–water partition coefficient (Wildman–Crippen LogP) is 3.48. The first-order valence-electron chi connectivity index (χ1n) is 8.81. The second-order valence-electron chi connectivity index (χ2n) is 7.11. The molecule has 0 saturated heterocycles. The summed E-state index contributed by atoms with van der Waals surface area (Å²) in [5.41, 5.74) is 1.82. The third kappa shape index (κ3) is 4.06. The summed E-state index contributed by atoms with van der Waals surface area (Å²) in [4.78, 5) is 11.3. The molecule has 1 amide bonds. The molecule has 2 aromatic carbocycles. The Morgan fingerprint density at radius 2 is 1.96 bits per heavy atom. The average molecular weight is 355 g/mol. The van der Waals surface area contributed by atoms with E-state index >= 15 is 0 Å². The molecule has 0 spiro atoms. The third-order valence-electron chi connectivity index (χ3n) is 4.54. The van der Waals surface area contributed by atoms with E-state index in [1.54, 1.807) is 6.07 Å². The lowest BCUT2D eigenvalue weighted by molar-refractivity contribution is -0.134. The molecule has 5 nitrogen and oxygen atoms in total. The summed E-state index contributed by atoms with van der Waals surface area (Å²) in [6.07, 6.45) is -0.587. The molecule has 0 radical (unpaired) electrons. The number of aliphatic hydroxyl groups excluding tert-OH is 1. The highest BCUT2D eigenvalue weighted by Gasteiger charge is 2.43.